The smallest absolute Gasteiger partial charge is 0.254 e. The monoisotopic (exact) mass is 819 g/mol. The van der Waals surface area contributed by atoms with E-state index in [2.05, 4.69) is 18.7 Å². The zero-order valence-corrected chi connectivity index (χ0v) is 35.3. The number of nitrogens with zero attached hydrogens (tertiary/aromatic N) is 3. The highest BCUT2D eigenvalue weighted by atomic mass is 16.7. The molecule has 0 bridgehead atoms. The number of amides is 1. The van der Waals surface area contributed by atoms with Crippen LogP contribution in [0, 0.1) is 29.1 Å². The number of unbranched alkanes of at least 4 members (excludes halogenated alkanes) is 2. The zero-order valence-electron chi connectivity index (χ0n) is 35.3. The predicted octanol–water partition coefficient (Wildman–Crippen LogP) is 8.38. The third-order valence-corrected chi connectivity index (χ3v) is 11.7. The van der Waals surface area contributed by atoms with Crippen LogP contribution in [-0.4, -0.2) is 84.4 Å². The summed E-state index contributed by atoms with van der Waals surface area (Å²) < 4.78 is 26.0. The lowest BCUT2D eigenvalue weighted by atomic mass is 9.55. The first-order valence-corrected chi connectivity index (χ1v) is 20.8. The number of ether oxygens (including phenoxy) is 4. The Balaban J connectivity index is 1.58. The average Bonchev–Trinajstić information content (AvgIpc) is 3.25. The van der Waals surface area contributed by atoms with Crippen LogP contribution in [0.2, 0.25) is 0 Å². The van der Waals surface area contributed by atoms with Crippen LogP contribution in [0.5, 0.6) is 23.0 Å². The number of benzene rings is 3. The number of hydrogen-bond acceptors (Lipinski definition) is 11. The van der Waals surface area contributed by atoms with Crippen LogP contribution < -0.4 is 14.2 Å². The molecule has 0 saturated heterocycles. The van der Waals surface area contributed by atoms with Crippen LogP contribution in [-0.2, 0) is 9.57 Å². The normalized spacial score (nSPS) is 23.5. The Hall–Kier alpha value is -5.48. The highest BCUT2D eigenvalue weighted by Gasteiger charge is 2.65. The van der Waals surface area contributed by atoms with Crippen molar-refractivity contribution in [3.8, 4) is 29.1 Å². The molecule has 60 heavy (non-hydrogen) atoms. The number of carbonyl (C=O) groups is 2. The third-order valence-electron chi connectivity index (χ3n) is 11.7. The van der Waals surface area contributed by atoms with Gasteiger partial charge in [-0.25, -0.2) is 0 Å². The molecule has 6 atom stereocenters. The molecule has 1 heterocycles. The highest BCUT2D eigenvalue weighted by molar-refractivity contribution is 6.03. The van der Waals surface area contributed by atoms with Gasteiger partial charge in [-0.15, -0.1) is 6.58 Å². The number of oxime groups is 1. The lowest BCUT2D eigenvalue weighted by Crippen LogP contribution is -2.69. The summed E-state index contributed by atoms with van der Waals surface area (Å²) in [6, 6.07) is 18.7. The van der Waals surface area contributed by atoms with Crippen molar-refractivity contribution in [1.29, 1.82) is 5.26 Å². The van der Waals surface area contributed by atoms with Crippen molar-refractivity contribution in [3.63, 3.8) is 0 Å². The number of fused-ring (bicyclic) bond motifs is 2. The SMILES string of the molecule is C=CCOC12Oc3ccc(Oc4ccc(OC)c(C=O)c4)cc3C3C(CCCCO)C(CCCCO)C=C(C(=NOC(C)(C)C)CC1N(C)C(=O)c1ccc(C#N)cc1)C32. The van der Waals surface area contributed by atoms with Crippen LogP contribution in [0.4, 0.5) is 0 Å². The molecule has 0 aromatic heterocycles. The molecule has 2 N–H and O–H groups in total. The molecule has 3 aromatic carbocycles. The van der Waals surface area contributed by atoms with Gasteiger partial charge in [0, 0.05) is 43.7 Å². The maximum Gasteiger partial charge on any atom is 0.254 e. The van der Waals surface area contributed by atoms with Crippen LogP contribution in [0.15, 0.2) is 90.1 Å². The lowest BCUT2D eigenvalue weighted by molar-refractivity contribution is -0.252. The summed E-state index contributed by atoms with van der Waals surface area (Å²) >= 11 is 0. The summed E-state index contributed by atoms with van der Waals surface area (Å²) in [4.78, 5) is 34.3. The number of hydrogen-bond donors (Lipinski definition) is 2. The topological polar surface area (TPSA) is 160 Å². The minimum atomic E-state index is -1.43. The summed E-state index contributed by atoms with van der Waals surface area (Å²) in [5.74, 6) is -0.415. The Labute approximate surface area is 353 Å². The number of aldehydes is 1. The first kappa shape index (κ1) is 44.1. The van der Waals surface area contributed by atoms with Crippen molar-refractivity contribution >= 4 is 17.9 Å². The molecule has 1 amide bonds. The van der Waals surface area contributed by atoms with Gasteiger partial charge in [0.2, 0.25) is 5.79 Å². The minimum Gasteiger partial charge on any atom is -0.496 e. The number of nitriles is 1. The maximum atomic E-state index is 14.5. The van der Waals surface area contributed by atoms with Gasteiger partial charge in [0.15, 0.2) is 6.29 Å². The quantitative estimate of drug-likeness (QED) is 0.0553. The summed E-state index contributed by atoms with van der Waals surface area (Å²) in [5, 5.41) is 34.1. The standard InChI is InChI=1S/C48H57N3O9/c1-7-24-57-48-43(51(5)46(55)32-16-14-31(29-49)15-17-32)28-40(50-60-47(2,3)4)38-26-33(12-8-10-22-52)37(13-9-11-23-53)44(45(38)48)39-27-36(19-21-42(39)59-48)58-35-18-20-41(56-6)34(25-35)30-54/h7,14-21,25-27,30,33,37,43-45,52-53H,1,8-13,22-24,28H2,2-6H3. The van der Waals surface area contributed by atoms with E-state index in [-0.39, 0.29) is 49.9 Å². The van der Waals surface area contributed by atoms with E-state index in [0.29, 0.717) is 58.2 Å². The Kier molecular flexibility index (Phi) is 14.2. The molecule has 1 fully saturated rings. The van der Waals surface area contributed by atoms with E-state index in [0.717, 1.165) is 43.1 Å². The Morgan fingerprint density at radius 2 is 1.73 bits per heavy atom. The third kappa shape index (κ3) is 9.29. The zero-order chi connectivity index (χ0) is 43.0. The largest absolute Gasteiger partial charge is 0.496 e. The van der Waals surface area contributed by atoms with Crippen LogP contribution in [0.25, 0.3) is 0 Å². The average molecular weight is 820 g/mol. The van der Waals surface area contributed by atoms with Crippen molar-refractivity contribution in [2.24, 2.45) is 22.9 Å². The molecule has 3 aliphatic rings. The minimum absolute atomic E-state index is 0.0133. The maximum absolute atomic E-state index is 14.5. The number of allylic oxidation sites excluding steroid dienone is 1. The van der Waals surface area contributed by atoms with Crippen molar-refractivity contribution in [3.05, 3.63) is 107 Å². The van der Waals surface area contributed by atoms with Crippen LogP contribution in [0.3, 0.4) is 0 Å². The first-order chi connectivity index (χ1) is 28.9. The predicted molar refractivity (Wildman–Crippen MR) is 228 cm³/mol. The first-order valence-electron chi connectivity index (χ1n) is 20.8. The summed E-state index contributed by atoms with van der Waals surface area (Å²) in [6.07, 6.45) is 9.38. The number of aliphatic hydroxyl groups is 2. The van der Waals surface area contributed by atoms with E-state index in [4.69, 9.17) is 28.9 Å². The molecule has 12 nitrogen and oxygen atoms in total. The number of rotatable bonds is 18. The molecule has 318 valence electrons. The second kappa shape index (κ2) is 19.3. The van der Waals surface area contributed by atoms with E-state index >= 15 is 0 Å². The van der Waals surface area contributed by atoms with E-state index in [1.165, 1.54) is 7.11 Å². The van der Waals surface area contributed by atoms with Crippen LogP contribution >= 0.6 is 0 Å². The molecule has 2 aliphatic carbocycles. The van der Waals surface area contributed by atoms with Crippen molar-refractivity contribution < 1.29 is 43.6 Å². The number of aliphatic hydroxyl groups excluding tert-OH is 2. The Bertz CT molecular complexity index is 2120. The van der Waals surface area contributed by atoms with E-state index in [1.807, 2.05) is 39.0 Å². The number of carbonyl (C=O) groups excluding carboxylic acids is 2. The fraction of sp³-hybridized carbons (Fsp3) is 0.458. The van der Waals surface area contributed by atoms with Crippen molar-refractivity contribution in [1.82, 2.24) is 4.90 Å². The molecule has 0 radical (unpaired) electrons. The lowest BCUT2D eigenvalue weighted by Gasteiger charge is -2.59. The van der Waals surface area contributed by atoms with Gasteiger partial charge in [0.1, 0.15) is 34.6 Å². The molecule has 3 aromatic rings. The van der Waals surface area contributed by atoms with Gasteiger partial charge in [0.05, 0.1) is 42.5 Å². The van der Waals surface area contributed by atoms with Gasteiger partial charge >= 0.3 is 0 Å². The van der Waals surface area contributed by atoms with E-state index in [1.54, 1.807) is 60.5 Å². The van der Waals surface area contributed by atoms with E-state index in [9.17, 15) is 25.1 Å². The second-order valence-corrected chi connectivity index (χ2v) is 16.7. The molecular formula is C48H57N3O9. The molecule has 6 unspecified atom stereocenters. The molecule has 6 rings (SSSR count). The number of likely N-dealkylation sites (N-methyl/N-ethyl adjacent to an activating group) is 1. The summed E-state index contributed by atoms with van der Waals surface area (Å²) in [7, 11) is 3.25. The fourth-order valence-electron chi connectivity index (χ4n) is 9.02. The Morgan fingerprint density at radius 1 is 1.03 bits per heavy atom. The summed E-state index contributed by atoms with van der Waals surface area (Å²) in [6.45, 7) is 10.1. The number of methoxy groups -OCH3 is 1. The second-order valence-electron chi connectivity index (χ2n) is 16.7. The molecule has 12 heteroatoms. The van der Waals surface area contributed by atoms with Crippen molar-refractivity contribution in [2.45, 2.75) is 89.1 Å². The molecule has 0 spiro atoms. The summed E-state index contributed by atoms with van der Waals surface area (Å²) in [5.41, 5.74) is 3.08. The van der Waals surface area contributed by atoms with Gasteiger partial charge in [-0.3, -0.25) is 9.59 Å². The van der Waals surface area contributed by atoms with Crippen LogP contribution in [0.1, 0.15) is 103 Å². The fourth-order valence-corrected chi connectivity index (χ4v) is 9.02. The van der Waals surface area contributed by atoms with Gasteiger partial charge in [-0.2, -0.15) is 5.26 Å². The van der Waals surface area contributed by atoms with Crippen molar-refractivity contribution in [2.75, 3.05) is 34.0 Å². The van der Waals surface area contributed by atoms with Gasteiger partial charge < -0.3 is 38.9 Å². The molecular weight excluding hydrogens is 763 g/mol. The Morgan fingerprint density at radius 3 is 2.38 bits per heavy atom. The molecule has 1 saturated carbocycles. The highest BCUT2D eigenvalue weighted by Crippen LogP contribution is 2.62. The van der Waals surface area contributed by atoms with Gasteiger partial charge in [-0.1, -0.05) is 30.1 Å². The molecule has 1 aliphatic heterocycles. The van der Waals surface area contributed by atoms with Gasteiger partial charge in [0.25, 0.3) is 5.91 Å². The van der Waals surface area contributed by atoms with E-state index < -0.39 is 23.3 Å². The van der Waals surface area contributed by atoms with Gasteiger partial charge in [-0.05, 0) is 125 Å².